The second-order valence-electron chi connectivity index (χ2n) is 4.69. The second-order valence-corrected chi connectivity index (χ2v) is 4.69. The molecular weight excluding hydrogens is 258 g/mol. The Labute approximate surface area is 116 Å². The van der Waals surface area contributed by atoms with Gasteiger partial charge < -0.3 is 13.9 Å². The summed E-state index contributed by atoms with van der Waals surface area (Å²) in [7, 11) is 0. The van der Waals surface area contributed by atoms with Gasteiger partial charge in [-0.15, -0.1) is 0 Å². The molecule has 0 radical (unpaired) electrons. The first kappa shape index (κ1) is 12.9. The molecule has 1 atom stereocenters. The van der Waals surface area contributed by atoms with Gasteiger partial charge in [0.05, 0.1) is 18.9 Å². The summed E-state index contributed by atoms with van der Waals surface area (Å²) < 4.78 is 16.1. The minimum Gasteiger partial charge on any atom is -0.454 e. The molecule has 3 rings (SSSR count). The summed E-state index contributed by atoms with van der Waals surface area (Å²) in [4.78, 5) is 16.3. The van der Waals surface area contributed by atoms with Crippen LogP contribution in [0.2, 0.25) is 0 Å². The van der Waals surface area contributed by atoms with Crippen molar-refractivity contribution in [3.05, 3.63) is 41.8 Å². The zero-order valence-electron chi connectivity index (χ0n) is 11.2. The first-order valence-corrected chi connectivity index (χ1v) is 6.55. The first-order chi connectivity index (χ1) is 9.74. The molecule has 0 unspecified atom stereocenters. The molecule has 104 valence electrons. The van der Waals surface area contributed by atoms with Gasteiger partial charge in [-0.05, 0) is 19.1 Å². The minimum atomic E-state index is -0.479. The lowest BCUT2D eigenvalue weighted by atomic mass is 10.2. The van der Waals surface area contributed by atoms with Crippen LogP contribution in [0.4, 0.5) is 0 Å². The van der Waals surface area contributed by atoms with Crippen LogP contribution in [-0.2, 0) is 9.47 Å². The topological polar surface area (TPSA) is 61.6 Å². The number of aromatic nitrogens is 1. The molecule has 1 aliphatic heterocycles. The first-order valence-electron chi connectivity index (χ1n) is 6.55. The molecule has 0 amide bonds. The van der Waals surface area contributed by atoms with E-state index < -0.39 is 5.97 Å². The Morgan fingerprint density at radius 1 is 1.35 bits per heavy atom. The maximum Gasteiger partial charge on any atom is 0.376 e. The van der Waals surface area contributed by atoms with E-state index in [1.54, 1.807) is 6.92 Å². The molecule has 1 aromatic heterocycles. The number of rotatable bonds is 3. The minimum absolute atomic E-state index is 0.163. The quantitative estimate of drug-likeness (QED) is 0.804. The normalized spacial score (nSPS) is 18.1. The maximum absolute atomic E-state index is 12.1. The van der Waals surface area contributed by atoms with Crippen molar-refractivity contribution in [3.8, 4) is 11.5 Å². The SMILES string of the molecule is Cc1nc(-c2ccccc2)oc1C(=O)O[C@H]1CCOC1. The Morgan fingerprint density at radius 3 is 2.85 bits per heavy atom. The summed E-state index contributed by atoms with van der Waals surface area (Å²) in [5.74, 6) is 0.112. The maximum atomic E-state index is 12.1. The van der Waals surface area contributed by atoms with Crippen LogP contribution in [0.3, 0.4) is 0 Å². The number of nitrogens with zero attached hydrogens (tertiary/aromatic N) is 1. The number of aryl methyl sites for hydroxylation is 1. The van der Waals surface area contributed by atoms with Crippen molar-refractivity contribution in [2.24, 2.45) is 0 Å². The number of carbonyl (C=O) groups excluding carboxylic acids is 1. The van der Waals surface area contributed by atoms with Gasteiger partial charge in [-0.2, -0.15) is 0 Å². The van der Waals surface area contributed by atoms with E-state index in [1.807, 2.05) is 30.3 Å². The van der Waals surface area contributed by atoms with Gasteiger partial charge in [0.15, 0.2) is 0 Å². The van der Waals surface area contributed by atoms with Gasteiger partial charge in [-0.3, -0.25) is 0 Å². The Kier molecular flexibility index (Phi) is 3.52. The molecule has 2 aromatic rings. The summed E-state index contributed by atoms with van der Waals surface area (Å²) >= 11 is 0. The van der Waals surface area contributed by atoms with Gasteiger partial charge in [-0.25, -0.2) is 9.78 Å². The summed E-state index contributed by atoms with van der Waals surface area (Å²) in [6, 6.07) is 9.45. The van der Waals surface area contributed by atoms with Crippen LogP contribution < -0.4 is 0 Å². The Balaban J connectivity index is 1.80. The average Bonchev–Trinajstić information content (AvgIpc) is 3.09. The molecule has 0 aliphatic carbocycles. The molecule has 0 spiro atoms. The van der Waals surface area contributed by atoms with E-state index in [4.69, 9.17) is 13.9 Å². The third kappa shape index (κ3) is 2.58. The van der Waals surface area contributed by atoms with Gasteiger partial charge in [0.1, 0.15) is 6.10 Å². The fourth-order valence-corrected chi connectivity index (χ4v) is 2.10. The number of ether oxygens (including phenoxy) is 2. The largest absolute Gasteiger partial charge is 0.454 e. The fraction of sp³-hybridized carbons (Fsp3) is 0.333. The van der Waals surface area contributed by atoms with E-state index in [2.05, 4.69) is 4.98 Å². The van der Waals surface area contributed by atoms with Crippen molar-refractivity contribution >= 4 is 5.97 Å². The smallest absolute Gasteiger partial charge is 0.376 e. The molecule has 5 nitrogen and oxygen atoms in total. The zero-order valence-corrected chi connectivity index (χ0v) is 11.2. The Hall–Kier alpha value is -2.14. The summed E-state index contributed by atoms with van der Waals surface area (Å²) in [6.45, 7) is 2.81. The predicted molar refractivity (Wildman–Crippen MR) is 71.3 cm³/mol. The molecule has 1 saturated heterocycles. The second kappa shape index (κ2) is 5.46. The van der Waals surface area contributed by atoms with Crippen LogP contribution in [0.5, 0.6) is 0 Å². The number of oxazole rings is 1. The van der Waals surface area contributed by atoms with Crippen LogP contribution in [0.1, 0.15) is 22.7 Å². The third-order valence-electron chi connectivity index (χ3n) is 3.16. The Morgan fingerprint density at radius 2 is 2.15 bits per heavy atom. The molecule has 0 bridgehead atoms. The average molecular weight is 273 g/mol. The molecule has 1 aliphatic rings. The predicted octanol–water partition coefficient (Wildman–Crippen LogP) is 2.60. The molecule has 0 N–H and O–H groups in total. The van der Waals surface area contributed by atoms with Gasteiger partial charge in [0, 0.05) is 12.0 Å². The van der Waals surface area contributed by atoms with Crippen LogP contribution in [-0.4, -0.2) is 30.3 Å². The molecule has 5 heteroatoms. The van der Waals surface area contributed by atoms with E-state index in [1.165, 1.54) is 0 Å². The highest BCUT2D eigenvalue weighted by Crippen LogP contribution is 2.23. The van der Waals surface area contributed by atoms with Gasteiger partial charge in [0.2, 0.25) is 11.7 Å². The van der Waals surface area contributed by atoms with Crippen molar-refractivity contribution < 1.29 is 18.7 Å². The molecule has 2 heterocycles. The summed E-state index contributed by atoms with van der Waals surface area (Å²) in [6.07, 6.45) is 0.539. The lowest BCUT2D eigenvalue weighted by molar-refractivity contribution is 0.0236. The van der Waals surface area contributed by atoms with Crippen LogP contribution in [0.15, 0.2) is 34.7 Å². The molecule has 0 saturated carbocycles. The molecule has 1 fully saturated rings. The van der Waals surface area contributed by atoms with Gasteiger partial charge in [0.25, 0.3) is 0 Å². The zero-order chi connectivity index (χ0) is 13.9. The lowest BCUT2D eigenvalue weighted by Gasteiger charge is -2.08. The van der Waals surface area contributed by atoms with Gasteiger partial charge >= 0.3 is 5.97 Å². The number of hydrogen-bond acceptors (Lipinski definition) is 5. The number of hydrogen-bond donors (Lipinski definition) is 0. The summed E-state index contributed by atoms with van der Waals surface area (Å²) in [5, 5.41) is 0. The standard InChI is InChI=1S/C15H15NO4/c1-10-13(15(17)19-12-7-8-18-9-12)20-14(16-10)11-5-3-2-4-6-11/h2-6,12H,7-9H2,1H3/t12-/m0/s1. The van der Waals surface area contributed by atoms with E-state index >= 15 is 0 Å². The number of esters is 1. The number of benzene rings is 1. The van der Waals surface area contributed by atoms with Crippen LogP contribution in [0.25, 0.3) is 11.5 Å². The summed E-state index contributed by atoms with van der Waals surface area (Å²) in [5.41, 5.74) is 1.37. The van der Waals surface area contributed by atoms with Crippen molar-refractivity contribution in [1.82, 2.24) is 4.98 Å². The monoisotopic (exact) mass is 273 g/mol. The van der Waals surface area contributed by atoms with Crippen molar-refractivity contribution in [2.45, 2.75) is 19.4 Å². The molecular formula is C15H15NO4. The molecule has 1 aromatic carbocycles. The highest BCUT2D eigenvalue weighted by molar-refractivity contribution is 5.88. The lowest BCUT2D eigenvalue weighted by Crippen LogP contribution is -2.18. The Bertz CT molecular complexity index is 600. The van der Waals surface area contributed by atoms with Crippen LogP contribution >= 0.6 is 0 Å². The number of carbonyl (C=O) groups is 1. The van der Waals surface area contributed by atoms with Crippen molar-refractivity contribution in [2.75, 3.05) is 13.2 Å². The van der Waals surface area contributed by atoms with E-state index in [0.29, 0.717) is 24.8 Å². The fourth-order valence-electron chi connectivity index (χ4n) is 2.10. The van der Waals surface area contributed by atoms with E-state index in [-0.39, 0.29) is 11.9 Å². The third-order valence-corrected chi connectivity index (χ3v) is 3.16. The highest BCUT2D eigenvalue weighted by Gasteiger charge is 2.25. The van der Waals surface area contributed by atoms with Gasteiger partial charge in [-0.1, -0.05) is 18.2 Å². The molecule has 20 heavy (non-hydrogen) atoms. The van der Waals surface area contributed by atoms with Crippen molar-refractivity contribution in [1.29, 1.82) is 0 Å². The van der Waals surface area contributed by atoms with E-state index in [9.17, 15) is 4.79 Å². The van der Waals surface area contributed by atoms with E-state index in [0.717, 1.165) is 12.0 Å². The van der Waals surface area contributed by atoms with Crippen LogP contribution in [0, 0.1) is 6.92 Å². The highest BCUT2D eigenvalue weighted by atomic mass is 16.6. The van der Waals surface area contributed by atoms with Crippen molar-refractivity contribution in [3.63, 3.8) is 0 Å².